The third kappa shape index (κ3) is 4.04. The minimum atomic E-state index is -0.243. The minimum absolute atomic E-state index is 0.0763. The number of benzene rings is 2. The van der Waals surface area contributed by atoms with Crippen LogP contribution in [0.15, 0.2) is 71.8 Å². The number of fused-ring (bicyclic) bond motifs is 1. The molecule has 2 heterocycles. The van der Waals surface area contributed by atoms with Crippen molar-refractivity contribution in [2.45, 2.75) is 32.7 Å². The molecule has 6 heteroatoms. The van der Waals surface area contributed by atoms with Gasteiger partial charge in [0.05, 0.1) is 11.7 Å². The molecule has 0 aliphatic heterocycles. The van der Waals surface area contributed by atoms with Gasteiger partial charge in [0.25, 0.3) is 5.56 Å². The average molecular weight is 418 g/mol. The lowest BCUT2D eigenvalue weighted by atomic mass is 9.97. The topological polar surface area (TPSA) is 64.0 Å². The summed E-state index contributed by atoms with van der Waals surface area (Å²) in [5, 5.41) is 3.49. The van der Waals surface area contributed by atoms with Crippen molar-refractivity contribution >= 4 is 33.1 Å². The van der Waals surface area contributed by atoms with Crippen molar-refractivity contribution in [3.63, 3.8) is 0 Å². The number of carbonyl (C=O) groups excluding carboxylic acids is 1. The number of hydrogen-bond acceptors (Lipinski definition) is 4. The van der Waals surface area contributed by atoms with Gasteiger partial charge in [0.2, 0.25) is 5.91 Å². The van der Waals surface area contributed by atoms with Crippen molar-refractivity contribution < 1.29 is 4.79 Å². The molecule has 2 aromatic heterocycles. The Morgan fingerprint density at radius 1 is 1.13 bits per heavy atom. The van der Waals surface area contributed by atoms with E-state index < -0.39 is 0 Å². The van der Waals surface area contributed by atoms with Gasteiger partial charge in [0, 0.05) is 10.6 Å². The Kier molecular flexibility index (Phi) is 5.77. The zero-order valence-electron chi connectivity index (χ0n) is 17.0. The highest BCUT2D eigenvalue weighted by Gasteiger charge is 2.14. The first-order valence-electron chi connectivity index (χ1n) is 10.00. The van der Waals surface area contributed by atoms with E-state index in [-0.39, 0.29) is 18.0 Å². The van der Waals surface area contributed by atoms with E-state index in [4.69, 9.17) is 0 Å². The summed E-state index contributed by atoms with van der Waals surface area (Å²) in [5.74, 6) is 0.0944. The van der Waals surface area contributed by atoms with Crippen LogP contribution < -0.4 is 10.9 Å². The Hall–Kier alpha value is -3.25. The van der Waals surface area contributed by atoms with E-state index in [2.05, 4.69) is 24.1 Å². The molecule has 0 bridgehead atoms. The maximum atomic E-state index is 12.9. The number of aromatic nitrogens is 2. The van der Waals surface area contributed by atoms with Crippen molar-refractivity contribution in [1.82, 2.24) is 9.55 Å². The predicted molar refractivity (Wildman–Crippen MR) is 123 cm³/mol. The van der Waals surface area contributed by atoms with Crippen LogP contribution in [0.25, 0.3) is 20.7 Å². The summed E-state index contributed by atoms with van der Waals surface area (Å²) in [6, 6.07) is 19.6. The second kappa shape index (κ2) is 8.63. The first-order valence-corrected chi connectivity index (χ1v) is 10.8. The molecule has 1 amide bonds. The highest BCUT2D eigenvalue weighted by Crippen LogP contribution is 2.30. The number of amides is 1. The van der Waals surface area contributed by atoms with E-state index in [1.54, 1.807) is 0 Å². The minimum Gasteiger partial charge on any atom is -0.324 e. The number of para-hydroxylation sites is 1. The summed E-state index contributed by atoms with van der Waals surface area (Å²) < 4.78 is 1.37. The van der Waals surface area contributed by atoms with Crippen LogP contribution in [0, 0.1) is 0 Å². The third-order valence-electron chi connectivity index (χ3n) is 5.27. The number of nitrogens with one attached hydrogen (secondary N) is 1. The Morgan fingerprint density at radius 2 is 1.87 bits per heavy atom. The molecule has 30 heavy (non-hydrogen) atoms. The molecule has 0 saturated heterocycles. The largest absolute Gasteiger partial charge is 0.324 e. The molecule has 4 aromatic rings. The van der Waals surface area contributed by atoms with Crippen LogP contribution in [0.5, 0.6) is 0 Å². The number of thiophene rings is 1. The molecule has 0 unspecified atom stereocenters. The lowest BCUT2D eigenvalue weighted by Gasteiger charge is -2.15. The summed E-state index contributed by atoms with van der Waals surface area (Å²) in [6.07, 6.45) is 2.44. The Balaban J connectivity index is 1.58. The number of carbonyl (C=O) groups is 1. The maximum Gasteiger partial charge on any atom is 0.262 e. The van der Waals surface area contributed by atoms with Gasteiger partial charge < -0.3 is 5.32 Å². The lowest BCUT2D eigenvalue weighted by molar-refractivity contribution is -0.116. The van der Waals surface area contributed by atoms with Crippen LogP contribution in [0.4, 0.5) is 5.69 Å². The molecular formula is C24H23N3O2S. The summed E-state index contributed by atoms with van der Waals surface area (Å²) in [6.45, 7) is 4.18. The first kappa shape index (κ1) is 20.0. The third-order valence-corrected chi connectivity index (χ3v) is 6.36. The van der Waals surface area contributed by atoms with Gasteiger partial charge in [-0.1, -0.05) is 62.4 Å². The van der Waals surface area contributed by atoms with Crippen molar-refractivity contribution in [2.24, 2.45) is 0 Å². The summed E-state index contributed by atoms with van der Waals surface area (Å²) >= 11 is 1.48. The standard InChI is InChI=1S/C24H23N3O2S/c1-3-16(2)18-11-7-8-12-20(18)26-22(28)14-27-15-25-23-19(24(27)29)13-21(30-23)17-9-5-4-6-10-17/h4-13,15-16H,3,14H2,1-2H3,(H,26,28)/t16-/m0/s1. The number of anilines is 1. The predicted octanol–water partition coefficient (Wildman–Crippen LogP) is 5.28. The van der Waals surface area contributed by atoms with E-state index >= 15 is 0 Å². The van der Waals surface area contributed by atoms with Crippen LogP contribution in [0.3, 0.4) is 0 Å². The fourth-order valence-corrected chi connectivity index (χ4v) is 4.42. The van der Waals surface area contributed by atoms with E-state index in [1.807, 2.05) is 60.7 Å². The van der Waals surface area contributed by atoms with Crippen LogP contribution in [-0.2, 0) is 11.3 Å². The summed E-state index contributed by atoms with van der Waals surface area (Å²) in [5.41, 5.74) is 2.73. The zero-order valence-corrected chi connectivity index (χ0v) is 17.8. The maximum absolute atomic E-state index is 12.9. The molecule has 0 aliphatic carbocycles. The summed E-state index contributed by atoms with van der Waals surface area (Å²) in [4.78, 5) is 31.7. The molecule has 0 spiro atoms. The van der Waals surface area contributed by atoms with Gasteiger partial charge in [-0.25, -0.2) is 4.98 Å². The SMILES string of the molecule is CC[C@H](C)c1ccccc1NC(=O)Cn1cnc2sc(-c3ccccc3)cc2c1=O. The molecule has 0 saturated carbocycles. The molecule has 0 radical (unpaired) electrons. The monoisotopic (exact) mass is 417 g/mol. The van der Waals surface area contributed by atoms with Gasteiger partial charge in [-0.05, 0) is 35.6 Å². The molecule has 0 aliphatic rings. The van der Waals surface area contributed by atoms with Gasteiger partial charge in [0.15, 0.2) is 0 Å². The average Bonchev–Trinajstić information content (AvgIpc) is 3.21. The molecule has 1 N–H and O–H groups in total. The normalized spacial score (nSPS) is 12.1. The van der Waals surface area contributed by atoms with Crippen molar-refractivity contribution in [1.29, 1.82) is 0 Å². The number of nitrogens with zero attached hydrogens (tertiary/aromatic N) is 2. The Bertz CT molecular complexity index is 1240. The van der Waals surface area contributed by atoms with Crippen LogP contribution in [-0.4, -0.2) is 15.5 Å². The van der Waals surface area contributed by atoms with Crippen molar-refractivity contribution in [3.8, 4) is 10.4 Å². The Morgan fingerprint density at radius 3 is 2.63 bits per heavy atom. The molecular weight excluding hydrogens is 394 g/mol. The second-order valence-electron chi connectivity index (χ2n) is 7.32. The van der Waals surface area contributed by atoms with E-state index in [0.29, 0.717) is 16.1 Å². The van der Waals surface area contributed by atoms with Crippen LogP contribution in [0.2, 0.25) is 0 Å². The fourth-order valence-electron chi connectivity index (χ4n) is 3.42. The first-order chi connectivity index (χ1) is 14.6. The highest BCUT2D eigenvalue weighted by atomic mass is 32.1. The van der Waals surface area contributed by atoms with E-state index in [0.717, 1.165) is 28.1 Å². The van der Waals surface area contributed by atoms with Crippen LogP contribution >= 0.6 is 11.3 Å². The van der Waals surface area contributed by atoms with Gasteiger partial charge in [-0.15, -0.1) is 11.3 Å². The smallest absolute Gasteiger partial charge is 0.262 e. The van der Waals surface area contributed by atoms with E-state index in [1.165, 1.54) is 22.2 Å². The van der Waals surface area contributed by atoms with Gasteiger partial charge in [-0.2, -0.15) is 0 Å². The van der Waals surface area contributed by atoms with Gasteiger partial charge in [-0.3, -0.25) is 14.2 Å². The summed E-state index contributed by atoms with van der Waals surface area (Å²) in [7, 11) is 0. The Labute approximate surface area is 179 Å². The molecule has 0 fully saturated rings. The van der Waals surface area contributed by atoms with Gasteiger partial charge in [0.1, 0.15) is 11.4 Å². The van der Waals surface area contributed by atoms with E-state index in [9.17, 15) is 9.59 Å². The van der Waals surface area contributed by atoms with Gasteiger partial charge >= 0.3 is 0 Å². The zero-order chi connectivity index (χ0) is 21.1. The fraction of sp³-hybridized carbons (Fsp3) is 0.208. The van der Waals surface area contributed by atoms with Crippen molar-refractivity contribution in [3.05, 3.63) is 82.9 Å². The van der Waals surface area contributed by atoms with Crippen molar-refractivity contribution in [2.75, 3.05) is 5.32 Å². The second-order valence-corrected chi connectivity index (χ2v) is 8.35. The van der Waals surface area contributed by atoms with Crippen LogP contribution in [0.1, 0.15) is 31.7 Å². The molecule has 1 atom stereocenters. The lowest BCUT2D eigenvalue weighted by Crippen LogP contribution is -2.27. The molecule has 152 valence electrons. The molecule has 5 nitrogen and oxygen atoms in total. The quantitative estimate of drug-likeness (QED) is 0.464. The number of hydrogen-bond donors (Lipinski definition) is 1. The molecule has 2 aromatic carbocycles. The molecule has 4 rings (SSSR count). The highest BCUT2D eigenvalue weighted by molar-refractivity contribution is 7.21. The number of rotatable bonds is 6.